The lowest BCUT2D eigenvalue weighted by Crippen LogP contribution is -2.44. The molecule has 39 heavy (non-hydrogen) atoms. The first-order chi connectivity index (χ1) is 18.7. The largest absolute Gasteiger partial charge is 0.468 e. The summed E-state index contributed by atoms with van der Waals surface area (Å²) in [6.45, 7) is 3.27. The molecular weight excluding hydrogens is 562 g/mol. The van der Waals surface area contributed by atoms with Crippen LogP contribution in [0.2, 0.25) is 15.1 Å². The average molecular weight is 588 g/mol. The molecule has 5 rings (SSSR count). The molecule has 0 spiro atoms. The molecule has 0 bridgehead atoms. The Morgan fingerprint density at radius 3 is 2.28 bits per heavy atom. The molecule has 1 aromatic heterocycles. The number of carbonyl (C=O) groups excluding carboxylic acids is 1. The molecule has 1 fully saturated rings. The van der Waals surface area contributed by atoms with Crippen LogP contribution in [-0.4, -0.2) is 41.7 Å². The van der Waals surface area contributed by atoms with Gasteiger partial charge in [0, 0.05) is 17.0 Å². The SMILES string of the molecule is COC(=O)C(C)N1CCC(c2cc(-c3ccc(F)cc3Cl)c3ccc(=O)n(-c4c(Cl)cccc4Cl)c3c2)CC1. The molecule has 1 aliphatic heterocycles. The number of esters is 1. The van der Waals surface area contributed by atoms with E-state index in [-0.39, 0.29) is 28.5 Å². The number of methoxy groups -OCH3 is 1. The summed E-state index contributed by atoms with van der Waals surface area (Å²) >= 11 is 19.7. The van der Waals surface area contributed by atoms with Crippen molar-refractivity contribution < 1.29 is 13.9 Å². The van der Waals surface area contributed by atoms with Gasteiger partial charge in [0.15, 0.2) is 0 Å². The van der Waals surface area contributed by atoms with Gasteiger partial charge in [-0.05, 0) is 92.4 Å². The Bertz CT molecular complexity index is 1610. The number of carbonyl (C=O) groups is 1. The second kappa shape index (κ2) is 11.3. The summed E-state index contributed by atoms with van der Waals surface area (Å²) in [6.07, 6.45) is 1.60. The van der Waals surface area contributed by atoms with Gasteiger partial charge in [0.2, 0.25) is 0 Å². The van der Waals surface area contributed by atoms with E-state index in [1.165, 1.54) is 29.9 Å². The van der Waals surface area contributed by atoms with Gasteiger partial charge in [-0.1, -0.05) is 46.9 Å². The Balaban J connectivity index is 1.70. The third kappa shape index (κ3) is 5.31. The minimum absolute atomic E-state index is 0.152. The first-order valence-corrected chi connectivity index (χ1v) is 13.7. The van der Waals surface area contributed by atoms with Gasteiger partial charge in [-0.2, -0.15) is 0 Å². The molecule has 1 saturated heterocycles. The summed E-state index contributed by atoms with van der Waals surface area (Å²) in [6, 6.07) is 16.4. The van der Waals surface area contributed by atoms with Gasteiger partial charge in [-0.25, -0.2) is 4.39 Å². The summed E-state index contributed by atoms with van der Waals surface area (Å²) in [4.78, 5) is 27.5. The molecule has 0 saturated carbocycles. The number of fused-ring (bicyclic) bond motifs is 1. The van der Waals surface area contributed by atoms with Gasteiger partial charge >= 0.3 is 5.97 Å². The van der Waals surface area contributed by atoms with Crippen LogP contribution in [0.5, 0.6) is 0 Å². The molecule has 0 N–H and O–H groups in total. The number of halogens is 4. The van der Waals surface area contributed by atoms with Crippen LogP contribution in [0.15, 0.2) is 65.5 Å². The smallest absolute Gasteiger partial charge is 0.322 e. The Hall–Kier alpha value is -2.90. The molecule has 1 atom stereocenters. The standard InChI is InChI=1S/C30H26Cl3FN2O3/c1-17(30(38)39-2)35-12-10-18(11-13-35)19-14-23(21-7-6-20(34)16-26(21)33)22-8-9-28(37)36(27(22)15-19)29-24(31)4-3-5-25(29)32/h3-9,14-18H,10-13H2,1-2H3. The van der Waals surface area contributed by atoms with Crippen molar-refractivity contribution in [2.24, 2.45) is 0 Å². The normalized spacial score (nSPS) is 15.4. The fraction of sp³-hybridized carbons (Fsp3) is 0.267. The fourth-order valence-corrected chi connectivity index (χ4v) is 6.24. The Kier molecular flexibility index (Phi) is 8.01. The lowest BCUT2D eigenvalue weighted by Gasteiger charge is -2.35. The number of ether oxygens (including phenoxy) is 1. The highest BCUT2D eigenvalue weighted by molar-refractivity contribution is 6.38. The topological polar surface area (TPSA) is 51.5 Å². The molecule has 202 valence electrons. The maximum Gasteiger partial charge on any atom is 0.322 e. The maximum atomic E-state index is 14.0. The predicted octanol–water partition coefficient (Wildman–Crippen LogP) is 7.50. The highest BCUT2D eigenvalue weighted by Crippen LogP contribution is 2.40. The first kappa shape index (κ1) is 27.7. The van der Waals surface area contributed by atoms with Gasteiger partial charge in [0.05, 0.1) is 33.4 Å². The zero-order valence-corrected chi connectivity index (χ0v) is 23.7. The molecule has 1 aliphatic rings. The van der Waals surface area contributed by atoms with Crippen molar-refractivity contribution in [2.75, 3.05) is 20.2 Å². The van der Waals surface area contributed by atoms with Crippen molar-refractivity contribution in [1.29, 1.82) is 0 Å². The summed E-state index contributed by atoms with van der Waals surface area (Å²) in [5.41, 5.74) is 3.16. The van der Waals surface area contributed by atoms with Gasteiger partial charge in [0.25, 0.3) is 5.56 Å². The van der Waals surface area contributed by atoms with Crippen LogP contribution in [0.25, 0.3) is 27.7 Å². The molecule has 5 nitrogen and oxygen atoms in total. The molecule has 2 heterocycles. The molecule has 0 radical (unpaired) electrons. The van der Waals surface area contributed by atoms with Crippen molar-refractivity contribution in [3.63, 3.8) is 0 Å². The zero-order valence-electron chi connectivity index (χ0n) is 21.4. The molecular formula is C30H26Cl3FN2O3. The van der Waals surface area contributed by atoms with Crippen molar-refractivity contribution >= 4 is 51.7 Å². The van der Waals surface area contributed by atoms with E-state index in [2.05, 4.69) is 11.0 Å². The number of hydrogen-bond acceptors (Lipinski definition) is 4. The number of hydrogen-bond donors (Lipinski definition) is 0. The monoisotopic (exact) mass is 586 g/mol. The van der Waals surface area contributed by atoms with E-state index in [9.17, 15) is 14.0 Å². The molecule has 1 unspecified atom stereocenters. The van der Waals surface area contributed by atoms with Gasteiger partial charge in [-0.3, -0.25) is 19.1 Å². The van der Waals surface area contributed by atoms with Crippen molar-refractivity contribution in [1.82, 2.24) is 9.47 Å². The van der Waals surface area contributed by atoms with Crippen LogP contribution in [0.3, 0.4) is 0 Å². The lowest BCUT2D eigenvalue weighted by atomic mass is 9.86. The number of para-hydroxylation sites is 1. The third-order valence-corrected chi connectivity index (χ3v) is 8.43. The van der Waals surface area contributed by atoms with E-state index in [0.717, 1.165) is 29.4 Å². The highest BCUT2D eigenvalue weighted by atomic mass is 35.5. The Morgan fingerprint density at radius 1 is 0.949 bits per heavy atom. The number of rotatable bonds is 5. The number of nitrogens with zero attached hydrogens (tertiary/aromatic N) is 2. The van der Waals surface area contributed by atoms with E-state index >= 15 is 0 Å². The van der Waals surface area contributed by atoms with Gasteiger partial charge in [-0.15, -0.1) is 0 Å². The Labute approximate surface area is 240 Å². The summed E-state index contributed by atoms with van der Waals surface area (Å²) < 4.78 is 20.4. The van der Waals surface area contributed by atoms with Crippen LogP contribution in [0, 0.1) is 5.82 Å². The van der Waals surface area contributed by atoms with Crippen molar-refractivity contribution in [3.8, 4) is 16.8 Å². The van der Waals surface area contributed by atoms with Crippen LogP contribution in [-0.2, 0) is 9.53 Å². The summed E-state index contributed by atoms with van der Waals surface area (Å²) in [7, 11) is 1.40. The zero-order chi connectivity index (χ0) is 27.8. The number of likely N-dealkylation sites (tertiary alicyclic amines) is 1. The number of aromatic nitrogens is 1. The molecule has 4 aromatic rings. The quantitative estimate of drug-likeness (QED) is 0.227. The summed E-state index contributed by atoms with van der Waals surface area (Å²) in [5.74, 6) is -0.539. The van der Waals surface area contributed by atoms with E-state index in [0.29, 0.717) is 39.9 Å². The van der Waals surface area contributed by atoms with Crippen LogP contribution in [0.4, 0.5) is 4.39 Å². The van der Waals surface area contributed by atoms with E-state index in [4.69, 9.17) is 39.5 Å². The van der Waals surface area contributed by atoms with Crippen LogP contribution >= 0.6 is 34.8 Å². The minimum atomic E-state index is -0.434. The van der Waals surface area contributed by atoms with E-state index < -0.39 is 5.82 Å². The second-order valence-corrected chi connectivity index (χ2v) is 10.9. The lowest BCUT2D eigenvalue weighted by molar-refractivity contribution is -0.146. The second-order valence-electron chi connectivity index (χ2n) is 9.71. The molecule has 9 heteroatoms. The van der Waals surface area contributed by atoms with E-state index in [1.807, 2.05) is 13.0 Å². The number of piperidine rings is 1. The minimum Gasteiger partial charge on any atom is -0.468 e. The van der Waals surface area contributed by atoms with E-state index in [1.54, 1.807) is 30.3 Å². The summed E-state index contributed by atoms with van der Waals surface area (Å²) in [5, 5.41) is 1.70. The van der Waals surface area contributed by atoms with Crippen LogP contribution < -0.4 is 5.56 Å². The average Bonchev–Trinajstić information content (AvgIpc) is 2.92. The van der Waals surface area contributed by atoms with Gasteiger partial charge < -0.3 is 4.74 Å². The number of pyridine rings is 1. The predicted molar refractivity (Wildman–Crippen MR) is 155 cm³/mol. The maximum absolute atomic E-state index is 14.0. The third-order valence-electron chi connectivity index (χ3n) is 7.51. The van der Waals surface area contributed by atoms with Crippen molar-refractivity contribution in [2.45, 2.75) is 31.7 Å². The highest BCUT2D eigenvalue weighted by Gasteiger charge is 2.29. The first-order valence-electron chi connectivity index (χ1n) is 12.6. The van der Waals surface area contributed by atoms with Gasteiger partial charge in [0.1, 0.15) is 11.9 Å². The molecule has 0 amide bonds. The number of benzene rings is 3. The van der Waals surface area contributed by atoms with Crippen LogP contribution in [0.1, 0.15) is 31.2 Å². The fourth-order valence-electron chi connectivity index (χ4n) is 5.41. The molecule has 0 aliphatic carbocycles. The Morgan fingerprint density at radius 2 is 1.64 bits per heavy atom. The van der Waals surface area contributed by atoms with Crippen molar-refractivity contribution in [3.05, 3.63) is 97.5 Å². The molecule has 3 aromatic carbocycles.